The summed E-state index contributed by atoms with van der Waals surface area (Å²) in [6, 6.07) is 3.73. The Morgan fingerprint density at radius 2 is 2.30 bits per heavy atom. The normalized spacial score (nSPS) is 19.4. The zero-order valence-corrected chi connectivity index (χ0v) is 12.0. The van der Waals surface area contributed by atoms with Crippen molar-refractivity contribution in [2.24, 2.45) is 0 Å². The lowest BCUT2D eigenvalue weighted by atomic mass is 10.0. The van der Waals surface area contributed by atoms with Crippen LogP contribution in [-0.2, 0) is 0 Å². The number of nitrogens with zero attached hydrogens (tertiary/aromatic N) is 3. The van der Waals surface area contributed by atoms with Crippen LogP contribution in [0.4, 0.5) is 16.5 Å². The third-order valence-corrected chi connectivity index (χ3v) is 4.66. The van der Waals surface area contributed by atoms with E-state index in [1.807, 2.05) is 6.07 Å². The van der Waals surface area contributed by atoms with Crippen molar-refractivity contribution in [1.29, 1.82) is 0 Å². The molecule has 0 saturated carbocycles. The number of rotatable bonds is 2. The Morgan fingerprint density at radius 3 is 3.00 bits per heavy atom. The highest BCUT2D eigenvalue weighted by molar-refractivity contribution is 7.22. The van der Waals surface area contributed by atoms with Crippen LogP contribution in [0.1, 0.15) is 26.2 Å². The fourth-order valence-electron chi connectivity index (χ4n) is 2.80. The van der Waals surface area contributed by atoms with Crippen molar-refractivity contribution in [3.8, 4) is 0 Å². The summed E-state index contributed by atoms with van der Waals surface area (Å²) in [6.07, 6.45) is 3.32. The van der Waals surface area contributed by atoms with E-state index >= 15 is 0 Å². The summed E-state index contributed by atoms with van der Waals surface area (Å²) in [4.78, 5) is 17.3. The molecule has 0 unspecified atom stereocenters. The minimum atomic E-state index is -0.328. The Labute approximate surface area is 120 Å². The second kappa shape index (κ2) is 4.90. The molecule has 1 aromatic heterocycles. The van der Waals surface area contributed by atoms with Gasteiger partial charge >= 0.3 is 0 Å². The van der Waals surface area contributed by atoms with Gasteiger partial charge in [0, 0.05) is 18.7 Å². The van der Waals surface area contributed by atoms with Gasteiger partial charge in [0.1, 0.15) is 5.69 Å². The van der Waals surface area contributed by atoms with E-state index in [1.165, 1.54) is 17.8 Å². The third-order valence-electron chi connectivity index (χ3n) is 3.81. The van der Waals surface area contributed by atoms with Crippen LogP contribution in [-0.4, -0.2) is 22.5 Å². The van der Waals surface area contributed by atoms with E-state index < -0.39 is 0 Å². The Hall–Kier alpha value is -1.89. The second-order valence-corrected chi connectivity index (χ2v) is 6.22. The molecule has 0 amide bonds. The molecule has 6 nitrogen and oxygen atoms in total. The number of thiazole rings is 1. The van der Waals surface area contributed by atoms with Crippen molar-refractivity contribution in [2.45, 2.75) is 32.2 Å². The molecule has 2 N–H and O–H groups in total. The van der Waals surface area contributed by atoms with E-state index in [4.69, 9.17) is 5.73 Å². The van der Waals surface area contributed by atoms with Crippen molar-refractivity contribution in [2.75, 3.05) is 17.2 Å². The summed E-state index contributed by atoms with van der Waals surface area (Å²) < 4.78 is 0.904. The van der Waals surface area contributed by atoms with Crippen LogP contribution in [0.5, 0.6) is 0 Å². The van der Waals surface area contributed by atoms with Crippen molar-refractivity contribution >= 4 is 38.1 Å². The number of nitrogens with two attached hydrogens (primary N) is 1. The maximum absolute atomic E-state index is 11.3. The Kier molecular flexibility index (Phi) is 3.21. The minimum Gasteiger partial charge on any atom is -0.375 e. The van der Waals surface area contributed by atoms with Gasteiger partial charge in [-0.3, -0.25) is 10.1 Å². The number of nitrogen functional groups attached to an aromatic ring is 1. The van der Waals surface area contributed by atoms with Crippen LogP contribution in [0, 0.1) is 10.1 Å². The summed E-state index contributed by atoms with van der Waals surface area (Å²) in [7, 11) is 0. The van der Waals surface area contributed by atoms with Crippen LogP contribution in [0.25, 0.3) is 10.2 Å². The van der Waals surface area contributed by atoms with Gasteiger partial charge in [0.15, 0.2) is 5.13 Å². The monoisotopic (exact) mass is 292 g/mol. The van der Waals surface area contributed by atoms with Gasteiger partial charge in [-0.15, -0.1) is 0 Å². The lowest BCUT2D eigenvalue weighted by Gasteiger charge is -2.34. The Morgan fingerprint density at radius 1 is 1.50 bits per heavy atom. The molecule has 1 aliphatic heterocycles. The van der Waals surface area contributed by atoms with Crippen LogP contribution < -0.4 is 10.6 Å². The number of piperidine rings is 1. The number of nitro benzene ring substituents is 1. The molecule has 20 heavy (non-hydrogen) atoms. The molecule has 1 fully saturated rings. The van der Waals surface area contributed by atoms with Gasteiger partial charge < -0.3 is 10.6 Å². The number of hydrogen-bond donors (Lipinski definition) is 1. The standard InChI is InChI=1S/C13H16N4O2S/c1-8-4-2-3-5-16(8)10-7-12-9(15-13(14)20-12)6-11(10)17(18)19/h6-8H,2-5H2,1H3,(H2,14,15)/t8-/m1/s1. The van der Waals surface area contributed by atoms with Crippen molar-refractivity contribution in [1.82, 2.24) is 4.98 Å². The van der Waals surface area contributed by atoms with Gasteiger partial charge in [0.05, 0.1) is 15.1 Å². The lowest BCUT2D eigenvalue weighted by molar-refractivity contribution is -0.384. The van der Waals surface area contributed by atoms with Gasteiger partial charge in [0.25, 0.3) is 5.69 Å². The fraction of sp³-hybridized carbons (Fsp3) is 0.462. The first-order chi connectivity index (χ1) is 9.56. The molecule has 106 valence electrons. The molecule has 1 aliphatic rings. The smallest absolute Gasteiger partial charge is 0.294 e. The van der Waals surface area contributed by atoms with Gasteiger partial charge in [0.2, 0.25) is 0 Å². The molecule has 0 radical (unpaired) electrons. The predicted octanol–water partition coefficient (Wildman–Crippen LogP) is 3.17. The molecule has 2 heterocycles. The average Bonchev–Trinajstić information content (AvgIpc) is 2.77. The number of aromatic nitrogens is 1. The van der Waals surface area contributed by atoms with E-state index in [9.17, 15) is 10.1 Å². The molecule has 1 saturated heterocycles. The molecular formula is C13H16N4O2S. The quantitative estimate of drug-likeness (QED) is 0.678. The largest absolute Gasteiger partial charge is 0.375 e. The van der Waals surface area contributed by atoms with Crippen LogP contribution >= 0.6 is 11.3 Å². The van der Waals surface area contributed by atoms with Crippen molar-refractivity contribution in [3.63, 3.8) is 0 Å². The molecule has 7 heteroatoms. The van der Waals surface area contributed by atoms with Gasteiger partial charge in [-0.05, 0) is 32.3 Å². The highest BCUT2D eigenvalue weighted by atomic mass is 32.1. The molecule has 0 aliphatic carbocycles. The second-order valence-electron chi connectivity index (χ2n) is 5.16. The first-order valence-corrected chi connectivity index (χ1v) is 7.49. The minimum absolute atomic E-state index is 0.122. The molecular weight excluding hydrogens is 276 g/mol. The zero-order valence-electron chi connectivity index (χ0n) is 11.2. The van der Waals surface area contributed by atoms with E-state index in [-0.39, 0.29) is 10.6 Å². The summed E-state index contributed by atoms with van der Waals surface area (Å²) in [5, 5.41) is 11.8. The summed E-state index contributed by atoms with van der Waals surface area (Å²) in [6.45, 7) is 2.98. The molecule has 2 aromatic rings. The van der Waals surface area contributed by atoms with Gasteiger partial charge in [-0.25, -0.2) is 4.98 Å². The number of fused-ring (bicyclic) bond motifs is 1. The molecule has 1 aromatic carbocycles. The highest BCUT2D eigenvalue weighted by Crippen LogP contribution is 2.38. The third kappa shape index (κ3) is 2.18. The Bertz CT molecular complexity index is 670. The first-order valence-electron chi connectivity index (χ1n) is 6.67. The molecule has 0 bridgehead atoms. The molecule has 3 rings (SSSR count). The average molecular weight is 292 g/mol. The summed E-state index contributed by atoms with van der Waals surface area (Å²) >= 11 is 1.37. The van der Waals surface area contributed by atoms with Crippen LogP contribution in [0.2, 0.25) is 0 Å². The lowest BCUT2D eigenvalue weighted by Crippen LogP contribution is -2.37. The van der Waals surface area contributed by atoms with E-state index in [0.717, 1.165) is 24.1 Å². The SMILES string of the molecule is C[C@@H]1CCCCN1c1cc2sc(N)nc2cc1[N+](=O)[O-]. The van der Waals surface area contributed by atoms with Gasteiger partial charge in [-0.2, -0.15) is 0 Å². The topological polar surface area (TPSA) is 85.3 Å². The highest BCUT2D eigenvalue weighted by Gasteiger charge is 2.26. The van der Waals surface area contributed by atoms with Crippen molar-refractivity contribution in [3.05, 3.63) is 22.2 Å². The summed E-state index contributed by atoms with van der Waals surface area (Å²) in [5.41, 5.74) is 7.12. The van der Waals surface area contributed by atoms with E-state index in [1.54, 1.807) is 6.07 Å². The first kappa shape index (κ1) is 13.1. The summed E-state index contributed by atoms with van der Waals surface area (Å²) in [5.74, 6) is 0. The van der Waals surface area contributed by atoms with Crippen molar-refractivity contribution < 1.29 is 4.92 Å². The number of hydrogen-bond acceptors (Lipinski definition) is 6. The zero-order chi connectivity index (χ0) is 14.3. The molecule has 0 spiro atoms. The van der Waals surface area contributed by atoms with Crippen LogP contribution in [0.15, 0.2) is 12.1 Å². The number of anilines is 2. The fourth-order valence-corrected chi connectivity index (χ4v) is 3.55. The Balaban J connectivity index is 2.15. The van der Waals surface area contributed by atoms with E-state index in [0.29, 0.717) is 22.4 Å². The number of benzene rings is 1. The van der Waals surface area contributed by atoms with E-state index in [2.05, 4.69) is 16.8 Å². The predicted molar refractivity (Wildman–Crippen MR) is 81.3 cm³/mol. The maximum Gasteiger partial charge on any atom is 0.294 e. The van der Waals surface area contributed by atoms with Crippen LogP contribution in [0.3, 0.4) is 0 Å². The maximum atomic E-state index is 11.3. The molecule has 1 atom stereocenters. The van der Waals surface area contributed by atoms with Gasteiger partial charge in [-0.1, -0.05) is 11.3 Å². The number of nitro groups is 1.